The van der Waals surface area contributed by atoms with Crippen molar-refractivity contribution in [1.82, 2.24) is 14.5 Å². The Morgan fingerprint density at radius 1 is 1.52 bits per heavy atom. The maximum atomic E-state index is 12.0. The fraction of sp³-hybridized carbons (Fsp3) is 0.417. The highest BCUT2D eigenvalue weighted by molar-refractivity contribution is 7.99. The molecule has 114 valence electrons. The van der Waals surface area contributed by atoms with Gasteiger partial charge in [-0.1, -0.05) is 11.8 Å². The van der Waals surface area contributed by atoms with E-state index in [9.17, 15) is 13.6 Å². The van der Waals surface area contributed by atoms with E-state index < -0.39 is 19.0 Å². The molecule has 0 unspecified atom stereocenters. The standard InChI is InChI=1S/C12H13F2N3O3S/c13-9(14)6-20-5-4-17-11-8(2-1-3-15-11)16-12(17)21-7-10(18)19/h1-3,9H,4-7H2,(H,18,19). The minimum absolute atomic E-state index is 0.0764. The molecule has 0 radical (unpaired) electrons. The van der Waals surface area contributed by atoms with E-state index in [2.05, 4.69) is 9.97 Å². The average Bonchev–Trinajstić information content (AvgIpc) is 2.79. The molecule has 0 atom stereocenters. The number of carboxylic acid groups (broad SMARTS) is 1. The van der Waals surface area contributed by atoms with Crippen LogP contribution in [0, 0.1) is 0 Å². The van der Waals surface area contributed by atoms with Gasteiger partial charge in [0, 0.05) is 6.20 Å². The number of fused-ring (bicyclic) bond motifs is 1. The molecular formula is C12H13F2N3O3S. The van der Waals surface area contributed by atoms with E-state index in [4.69, 9.17) is 9.84 Å². The molecule has 0 saturated carbocycles. The van der Waals surface area contributed by atoms with Gasteiger partial charge in [0.25, 0.3) is 6.43 Å². The third-order valence-corrected chi connectivity index (χ3v) is 3.46. The number of imidazole rings is 1. The Morgan fingerprint density at radius 3 is 3.05 bits per heavy atom. The van der Waals surface area contributed by atoms with Crippen molar-refractivity contribution in [3.05, 3.63) is 18.3 Å². The molecule has 21 heavy (non-hydrogen) atoms. The van der Waals surface area contributed by atoms with Gasteiger partial charge in [-0.3, -0.25) is 4.79 Å². The number of thioether (sulfide) groups is 1. The normalized spacial score (nSPS) is 11.4. The number of pyridine rings is 1. The first-order valence-electron chi connectivity index (χ1n) is 6.09. The molecule has 2 heterocycles. The fourth-order valence-electron chi connectivity index (χ4n) is 1.70. The summed E-state index contributed by atoms with van der Waals surface area (Å²) in [6, 6.07) is 3.47. The number of aliphatic carboxylic acids is 1. The summed E-state index contributed by atoms with van der Waals surface area (Å²) in [6.07, 6.45) is -0.921. The highest BCUT2D eigenvalue weighted by Gasteiger charge is 2.13. The Bertz CT molecular complexity index is 621. The molecule has 0 aromatic carbocycles. The van der Waals surface area contributed by atoms with Gasteiger partial charge in [-0.15, -0.1) is 0 Å². The Labute approximate surface area is 123 Å². The van der Waals surface area contributed by atoms with Gasteiger partial charge in [0.1, 0.15) is 12.1 Å². The van der Waals surface area contributed by atoms with Gasteiger partial charge in [-0.2, -0.15) is 0 Å². The molecule has 0 aliphatic rings. The summed E-state index contributed by atoms with van der Waals surface area (Å²) in [6.45, 7) is -0.271. The van der Waals surface area contributed by atoms with Crippen LogP contribution in [0.5, 0.6) is 0 Å². The number of ether oxygens (including phenoxy) is 1. The van der Waals surface area contributed by atoms with Crippen molar-refractivity contribution in [3.63, 3.8) is 0 Å². The maximum absolute atomic E-state index is 12.0. The number of rotatable bonds is 8. The molecule has 2 aromatic heterocycles. The molecule has 6 nitrogen and oxygen atoms in total. The zero-order valence-electron chi connectivity index (χ0n) is 10.9. The topological polar surface area (TPSA) is 77.2 Å². The Kier molecular flexibility index (Phi) is 5.45. The van der Waals surface area contributed by atoms with Crippen LogP contribution in [0.1, 0.15) is 0 Å². The molecule has 0 saturated heterocycles. The van der Waals surface area contributed by atoms with E-state index in [-0.39, 0.29) is 18.9 Å². The first-order valence-corrected chi connectivity index (χ1v) is 7.08. The maximum Gasteiger partial charge on any atom is 0.313 e. The summed E-state index contributed by atoms with van der Waals surface area (Å²) in [4.78, 5) is 19.1. The quantitative estimate of drug-likeness (QED) is 0.592. The van der Waals surface area contributed by atoms with Gasteiger partial charge >= 0.3 is 5.97 Å². The van der Waals surface area contributed by atoms with E-state index in [0.717, 1.165) is 11.8 Å². The number of aromatic nitrogens is 3. The largest absolute Gasteiger partial charge is 0.481 e. The summed E-state index contributed by atoms with van der Waals surface area (Å²) < 4.78 is 30.6. The van der Waals surface area contributed by atoms with Crippen molar-refractivity contribution >= 4 is 28.9 Å². The second-order valence-electron chi connectivity index (χ2n) is 4.04. The van der Waals surface area contributed by atoms with E-state index in [1.54, 1.807) is 22.9 Å². The lowest BCUT2D eigenvalue weighted by Gasteiger charge is -2.08. The van der Waals surface area contributed by atoms with Crippen LogP contribution in [-0.4, -0.2) is 51.0 Å². The molecule has 2 aromatic rings. The van der Waals surface area contributed by atoms with Crippen molar-refractivity contribution in [2.45, 2.75) is 18.1 Å². The monoisotopic (exact) mass is 317 g/mol. The summed E-state index contributed by atoms with van der Waals surface area (Å²) in [7, 11) is 0. The summed E-state index contributed by atoms with van der Waals surface area (Å²) >= 11 is 1.05. The smallest absolute Gasteiger partial charge is 0.313 e. The Hall–Kier alpha value is -1.74. The molecule has 0 spiro atoms. The van der Waals surface area contributed by atoms with Crippen LogP contribution in [0.15, 0.2) is 23.5 Å². The highest BCUT2D eigenvalue weighted by Crippen LogP contribution is 2.22. The Morgan fingerprint density at radius 2 is 2.33 bits per heavy atom. The number of nitrogens with zero attached hydrogens (tertiary/aromatic N) is 3. The van der Waals surface area contributed by atoms with Crippen molar-refractivity contribution < 1.29 is 23.4 Å². The van der Waals surface area contributed by atoms with Gasteiger partial charge in [0.2, 0.25) is 0 Å². The first kappa shape index (κ1) is 15.6. The van der Waals surface area contributed by atoms with Crippen LogP contribution in [-0.2, 0) is 16.1 Å². The van der Waals surface area contributed by atoms with Crippen molar-refractivity contribution in [3.8, 4) is 0 Å². The van der Waals surface area contributed by atoms with Gasteiger partial charge in [-0.05, 0) is 12.1 Å². The number of alkyl halides is 2. The molecule has 0 bridgehead atoms. The average molecular weight is 317 g/mol. The van der Waals surface area contributed by atoms with E-state index in [1.807, 2.05) is 0 Å². The van der Waals surface area contributed by atoms with E-state index in [0.29, 0.717) is 16.3 Å². The predicted octanol–water partition coefficient (Wildman–Crippen LogP) is 1.89. The predicted molar refractivity (Wildman–Crippen MR) is 72.7 cm³/mol. The van der Waals surface area contributed by atoms with Crippen LogP contribution >= 0.6 is 11.8 Å². The lowest BCUT2D eigenvalue weighted by molar-refractivity contribution is -0.133. The molecular weight excluding hydrogens is 304 g/mol. The lowest BCUT2D eigenvalue weighted by Crippen LogP contribution is -2.12. The van der Waals surface area contributed by atoms with Crippen molar-refractivity contribution in [2.75, 3.05) is 19.0 Å². The Balaban J connectivity index is 2.13. The van der Waals surface area contributed by atoms with Gasteiger partial charge in [0.05, 0.1) is 18.9 Å². The van der Waals surface area contributed by atoms with Gasteiger partial charge in [0.15, 0.2) is 10.8 Å². The van der Waals surface area contributed by atoms with Gasteiger partial charge < -0.3 is 14.4 Å². The molecule has 0 fully saturated rings. The third-order valence-electron chi connectivity index (χ3n) is 2.50. The molecule has 9 heteroatoms. The molecule has 0 amide bonds. The second-order valence-corrected chi connectivity index (χ2v) is 4.98. The van der Waals surface area contributed by atoms with E-state index in [1.165, 1.54) is 0 Å². The van der Waals surface area contributed by atoms with Crippen molar-refractivity contribution in [2.24, 2.45) is 0 Å². The van der Waals surface area contributed by atoms with E-state index >= 15 is 0 Å². The minimum Gasteiger partial charge on any atom is -0.481 e. The van der Waals surface area contributed by atoms with Crippen molar-refractivity contribution in [1.29, 1.82) is 0 Å². The number of carboxylic acids is 1. The van der Waals surface area contributed by atoms with Crippen LogP contribution in [0.4, 0.5) is 8.78 Å². The number of hydrogen-bond acceptors (Lipinski definition) is 5. The van der Waals surface area contributed by atoms with Crippen LogP contribution in [0.25, 0.3) is 11.2 Å². The van der Waals surface area contributed by atoms with Crippen LogP contribution < -0.4 is 0 Å². The zero-order chi connectivity index (χ0) is 15.2. The second kappa shape index (κ2) is 7.32. The number of carbonyl (C=O) groups is 1. The lowest BCUT2D eigenvalue weighted by atomic mass is 10.4. The molecule has 0 aliphatic carbocycles. The fourth-order valence-corrected chi connectivity index (χ4v) is 2.45. The molecule has 2 rings (SSSR count). The summed E-state index contributed by atoms with van der Waals surface area (Å²) in [5.74, 6) is -1.10. The number of halogens is 2. The number of hydrogen-bond donors (Lipinski definition) is 1. The van der Waals surface area contributed by atoms with Crippen LogP contribution in [0.2, 0.25) is 0 Å². The highest BCUT2D eigenvalue weighted by atomic mass is 32.2. The van der Waals surface area contributed by atoms with Gasteiger partial charge in [-0.25, -0.2) is 18.7 Å². The minimum atomic E-state index is -2.51. The summed E-state index contributed by atoms with van der Waals surface area (Å²) in [5.41, 5.74) is 1.20. The molecule has 0 aliphatic heterocycles. The molecule has 1 N–H and O–H groups in total. The third kappa shape index (κ3) is 4.36. The zero-order valence-corrected chi connectivity index (χ0v) is 11.7. The SMILES string of the molecule is O=C(O)CSc1nc2cccnc2n1CCOCC(F)F. The first-order chi connectivity index (χ1) is 10.1. The summed E-state index contributed by atoms with van der Waals surface area (Å²) in [5, 5.41) is 9.21. The van der Waals surface area contributed by atoms with Crippen LogP contribution in [0.3, 0.4) is 0 Å².